The van der Waals surface area contributed by atoms with Gasteiger partial charge in [0.2, 0.25) is 5.91 Å². The number of rotatable bonds is 10. The summed E-state index contributed by atoms with van der Waals surface area (Å²) in [5.41, 5.74) is 8.41. The number of H-pyrrole nitrogens is 2. The molecule has 1 aliphatic carbocycles. The van der Waals surface area contributed by atoms with Gasteiger partial charge in [-0.1, -0.05) is 56.3 Å². The fourth-order valence-corrected chi connectivity index (χ4v) is 10.3. The van der Waals surface area contributed by atoms with Gasteiger partial charge in [0, 0.05) is 42.5 Å². The van der Waals surface area contributed by atoms with Gasteiger partial charge in [0.25, 0.3) is 0 Å². The Hall–Kier alpha value is -5.61. The normalized spacial score (nSPS) is 21.4. The van der Waals surface area contributed by atoms with Crippen LogP contribution in [0.1, 0.15) is 94.3 Å². The topological polar surface area (TPSA) is 186 Å². The van der Waals surface area contributed by atoms with Crippen LogP contribution in [-0.4, -0.2) is 109 Å². The second-order valence-corrected chi connectivity index (χ2v) is 17.8. The van der Waals surface area contributed by atoms with Crippen LogP contribution in [0.3, 0.4) is 0 Å². The molecule has 2 aromatic heterocycles. The van der Waals surface area contributed by atoms with E-state index in [1.165, 1.54) is 12.7 Å². The molecular weight excluding hydrogens is 789 g/mol. The highest BCUT2D eigenvalue weighted by molar-refractivity contribution is 5.91. The number of hydrogen-bond acceptors (Lipinski definition) is 9. The van der Waals surface area contributed by atoms with Gasteiger partial charge in [-0.05, 0) is 109 Å². The van der Waals surface area contributed by atoms with Gasteiger partial charge in [0.1, 0.15) is 23.7 Å². The number of methoxy groups -OCH3 is 1. The number of likely N-dealkylation sites (tertiary alicyclic amines) is 1. The molecule has 0 radical (unpaired) electrons. The van der Waals surface area contributed by atoms with Crippen molar-refractivity contribution in [1.29, 1.82) is 0 Å². The number of benzene rings is 3. The molecule has 15 nitrogen and oxygen atoms in total. The molecule has 15 heteroatoms. The first-order valence-electron chi connectivity index (χ1n) is 22.1. The standard InChI is InChI=1S/C47H56N8O7/c1-27(2)41(52-46(57)61-4)45(56)53-19-5-7-39(53)44-49-37-16-14-34-24-33(13-15-36(34)42(37)51-44)30-9-10-32-25-35(12-11-31(32)23-30)38-26-48-43(50-38)40-8-6-20-54(40)55(60,47(58)59)28(3)29-17-21-62-22-18-29/h9-13,15,23-29,39-41,60H,5-8,14,16-22H2,1-4H3,(H3-,48,49,50,51,52,57,58,59)/p+1. The number of amides is 3. The monoisotopic (exact) mass is 845 g/mol. The highest BCUT2D eigenvalue weighted by Gasteiger charge is 2.56. The number of nitrogens with zero attached hydrogens (tertiary/aromatic N) is 5. The predicted molar refractivity (Wildman–Crippen MR) is 232 cm³/mol. The summed E-state index contributed by atoms with van der Waals surface area (Å²) in [6.45, 7) is 7.87. The van der Waals surface area contributed by atoms with Crippen LogP contribution >= 0.6 is 0 Å². The summed E-state index contributed by atoms with van der Waals surface area (Å²) in [6, 6.07) is 17.6. The van der Waals surface area contributed by atoms with Gasteiger partial charge in [-0.15, -0.1) is 5.01 Å². The lowest BCUT2D eigenvalue weighted by atomic mass is 9.89. The van der Waals surface area contributed by atoms with Gasteiger partial charge in [0.05, 0.1) is 37.3 Å². The third kappa shape index (κ3) is 7.54. The number of hydroxylamine groups is 2. The van der Waals surface area contributed by atoms with Gasteiger partial charge >= 0.3 is 12.2 Å². The number of carboxylic acid groups (broad SMARTS) is 1. The van der Waals surface area contributed by atoms with E-state index in [1.54, 1.807) is 11.2 Å². The second-order valence-electron chi connectivity index (χ2n) is 17.8. The molecule has 0 saturated carbocycles. The Balaban J connectivity index is 0.913. The summed E-state index contributed by atoms with van der Waals surface area (Å²) in [5, 5.41) is 28.9. The fraction of sp³-hybridized carbons (Fsp3) is 0.468. The Labute approximate surface area is 361 Å². The number of aromatic nitrogens is 4. The third-order valence-electron chi connectivity index (χ3n) is 13.9. The molecule has 0 spiro atoms. The molecule has 5 atom stereocenters. The van der Waals surface area contributed by atoms with E-state index in [2.05, 4.69) is 69.9 Å². The number of nitrogens with one attached hydrogen (secondary N) is 3. The van der Waals surface area contributed by atoms with Crippen molar-refractivity contribution in [3.8, 4) is 33.6 Å². The van der Waals surface area contributed by atoms with E-state index >= 15 is 0 Å². The Morgan fingerprint density at radius 3 is 2.31 bits per heavy atom. The first-order valence-corrected chi connectivity index (χ1v) is 22.1. The number of aryl methyl sites for hydroxylation is 2. The maximum atomic E-state index is 13.7. The molecule has 9 rings (SSSR count). The quantitative estimate of drug-likeness (QED) is 0.0522. The lowest BCUT2D eigenvalue weighted by molar-refractivity contribution is -1.15. The third-order valence-corrected chi connectivity index (χ3v) is 13.9. The second kappa shape index (κ2) is 16.9. The van der Waals surface area contributed by atoms with Crippen molar-refractivity contribution in [2.45, 2.75) is 96.3 Å². The molecule has 326 valence electrons. The molecule has 3 amide bonds. The van der Waals surface area contributed by atoms with E-state index in [0.29, 0.717) is 38.5 Å². The molecule has 5 N–H and O–H groups in total. The summed E-state index contributed by atoms with van der Waals surface area (Å²) >= 11 is 0. The summed E-state index contributed by atoms with van der Waals surface area (Å²) in [5.74, 6) is 1.25. The number of quaternary nitrogens is 1. The SMILES string of the molecule is COC(=O)NC(C(=O)N1CCCC1c1nc2c([nH]1)CCc1cc(-c3ccc4cc(-c5cnc(C6CCCN6[N+](O)(C(=O)O)C(C)C6CCOCC6)[nH]5)ccc4c3)ccc1-2)C(C)C. The van der Waals surface area contributed by atoms with Gasteiger partial charge < -0.3 is 34.8 Å². The van der Waals surface area contributed by atoms with Crippen molar-refractivity contribution >= 4 is 28.9 Å². The number of aromatic amines is 2. The lowest BCUT2D eigenvalue weighted by Gasteiger charge is -2.42. The fourth-order valence-electron chi connectivity index (χ4n) is 10.3. The Kier molecular flexibility index (Phi) is 11.4. The lowest BCUT2D eigenvalue weighted by Crippen LogP contribution is -2.67. The Morgan fingerprint density at radius 1 is 0.871 bits per heavy atom. The summed E-state index contributed by atoms with van der Waals surface area (Å²) < 4.78 is 9.17. The number of carbonyl (C=O) groups excluding carboxylic acids is 2. The first-order chi connectivity index (χ1) is 29.9. The Bertz CT molecular complexity index is 2490. The van der Waals surface area contributed by atoms with Gasteiger partial charge in [0.15, 0.2) is 6.04 Å². The number of fused-ring (bicyclic) bond motifs is 4. The van der Waals surface area contributed by atoms with E-state index in [4.69, 9.17) is 19.4 Å². The minimum absolute atomic E-state index is 0.0285. The van der Waals surface area contributed by atoms with Crippen LogP contribution in [0.5, 0.6) is 0 Å². The zero-order chi connectivity index (χ0) is 43.3. The molecule has 3 saturated heterocycles. The highest BCUT2D eigenvalue weighted by atomic mass is 16.7. The number of ether oxygens (including phenoxy) is 2. The molecule has 3 fully saturated rings. The van der Waals surface area contributed by atoms with Crippen LogP contribution in [0.2, 0.25) is 0 Å². The zero-order valence-corrected chi connectivity index (χ0v) is 35.9. The average molecular weight is 846 g/mol. The molecule has 3 aliphatic heterocycles. The van der Waals surface area contributed by atoms with Crippen LogP contribution < -0.4 is 5.32 Å². The van der Waals surface area contributed by atoms with Crippen molar-refractivity contribution in [1.82, 2.24) is 35.2 Å². The van der Waals surface area contributed by atoms with Crippen LogP contribution in [0.15, 0.2) is 60.8 Å². The molecule has 0 bridgehead atoms. The predicted octanol–water partition coefficient (Wildman–Crippen LogP) is 8.18. The number of hydrogen-bond donors (Lipinski definition) is 5. The van der Waals surface area contributed by atoms with Gasteiger partial charge in [-0.2, -0.15) is 10.0 Å². The molecule has 5 aromatic rings. The van der Waals surface area contributed by atoms with E-state index in [0.717, 1.165) is 101 Å². The van der Waals surface area contributed by atoms with Crippen molar-refractivity contribution in [2.75, 3.05) is 33.4 Å². The molecule has 62 heavy (non-hydrogen) atoms. The van der Waals surface area contributed by atoms with Crippen LogP contribution in [0.25, 0.3) is 44.4 Å². The first kappa shape index (κ1) is 41.7. The summed E-state index contributed by atoms with van der Waals surface area (Å²) in [4.78, 5) is 57.3. The maximum Gasteiger partial charge on any atom is 0.568 e. The minimum atomic E-state index is -1.27. The molecule has 5 heterocycles. The number of alkyl carbamates (subject to hydrolysis) is 1. The van der Waals surface area contributed by atoms with Crippen molar-refractivity contribution in [3.05, 3.63) is 83.7 Å². The number of imidazole rings is 2. The van der Waals surface area contributed by atoms with E-state index in [1.807, 2.05) is 25.7 Å². The summed E-state index contributed by atoms with van der Waals surface area (Å²) in [6.07, 6.45) is 6.14. The number of carbonyl (C=O) groups is 3. The maximum absolute atomic E-state index is 13.7. The molecule has 5 unspecified atom stereocenters. The zero-order valence-electron chi connectivity index (χ0n) is 35.9. The minimum Gasteiger partial charge on any atom is -0.453 e. The largest absolute Gasteiger partial charge is 0.568 e. The highest BCUT2D eigenvalue weighted by Crippen LogP contribution is 2.41. The smallest absolute Gasteiger partial charge is 0.453 e. The molecular formula is C47H57N8O7+. The van der Waals surface area contributed by atoms with E-state index in [-0.39, 0.29) is 29.8 Å². The Morgan fingerprint density at radius 2 is 1.56 bits per heavy atom. The molecule has 3 aromatic carbocycles. The van der Waals surface area contributed by atoms with Gasteiger partial charge in [-0.25, -0.2) is 14.8 Å². The van der Waals surface area contributed by atoms with Crippen molar-refractivity contribution in [2.24, 2.45) is 11.8 Å². The van der Waals surface area contributed by atoms with E-state index in [9.17, 15) is 24.7 Å². The van der Waals surface area contributed by atoms with Gasteiger partial charge in [-0.3, -0.25) is 4.79 Å². The molecule has 4 aliphatic rings. The van der Waals surface area contributed by atoms with Crippen molar-refractivity contribution < 1.29 is 38.9 Å². The van der Waals surface area contributed by atoms with Crippen LogP contribution in [0.4, 0.5) is 9.59 Å². The van der Waals surface area contributed by atoms with Crippen molar-refractivity contribution in [3.63, 3.8) is 0 Å². The van der Waals surface area contributed by atoms with Crippen LogP contribution in [0, 0.1) is 11.8 Å². The van der Waals surface area contributed by atoms with E-state index < -0.39 is 29.0 Å². The van der Waals surface area contributed by atoms with Crippen LogP contribution in [-0.2, 0) is 27.1 Å². The summed E-state index contributed by atoms with van der Waals surface area (Å²) in [7, 11) is 1.30. The average Bonchev–Trinajstić information content (AvgIpc) is 4.13.